The van der Waals surface area contributed by atoms with E-state index in [9.17, 15) is 0 Å². The van der Waals surface area contributed by atoms with Gasteiger partial charge < -0.3 is 9.52 Å². The minimum atomic E-state index is -0.00931. The zero-order valence-electron chi connectivity index (χ0n) is 11.1. The lowest BCUT2D eigenvalue weighted by Crippen LogP contribution is -2.25. The number of nitrogens with zero attached hydrogens (tertiary/aromatic N) is 1. The Balaban J connectivity index is 1.89. The van der Waals surface area contributed by atoms with Crippen molar-refractivity contribution in [2.24, 2.45) is 11.3 Å². The maximum absolute atomic E-state index is 8.95. The fourth-order valence-corrected chi connectivity index (χ4v) is 2.50. The average molecular weight is 237 g/mol. The zero-order chi connectivity index (χ0) is 12.5. The van der Waals surface area contributed by atoms with Crippen LogP contribution in [0.5, 0.6) is 0 Å². The molecule has 1 aliphatic heterocycles. The summed E-state index contributed by atoms with van der Waals surface area (Å²) in [6.07, 6.45) is 1.27. The molecule has 17 heavy (non-hydrogen) atoms. The number of hydrogen-bond donors (Lipinski definition) is 1. The molecule has 0 radical (unpaired) electrons. The third-order valence-corrected chi connectivity index (χ3v) is 3.75. The van der Waals surface area contributed by atoms with Crippen LogP contribution in [-0.4, -0.2) is 23.1 Å². The lowest BCUT2D eigenvalue weighted by atomic mass is 9.80. The summed E-state index contributed by atoms with van der Waals surface area (Å²) in [7, 11) is 0. The van der Waals surface area contributed by atoms with Crippen LogP contribution in [0.15, 0.2) is 16.5 Å². The van der Waals surface area contributed by atoms with E-state index in [0.29, 0.717) is 11.2 Å². The Labute approximate surface area is 103 Å². The van der Waals surface area contributed by atoms with Crippen LogP contribution in [0.4, 0.5) is 0 Å². The van der Waals surface area contributed by atoms with Gasteiger partial charge in [-0.1, -0.05) is 20.8 Å². The standard InChI is InChI=1S/C14H23NO2/c1-14(2,3)11-6-7-15(8-11)9-12-4-5-13(10-16)17-12/h4-5,11,16H,6-10H2,1-3H3. The van der Waals surface area contributed by atoms with Crippen LogP contribution < -0.4 is 0 Å². The maximum Gasteiger partial charge on any atom is 0.129 e. The molecule has 1 fully saturated rings. The quantitative estimate of drug-likeness (QED) is 0.878. The summed E-state index contributed by atoms with van der Waals surface area (Å²) in [5.74, 6) is 2.39. The summed E-state index contributed by atoms with van der Waals surface area (Å²) in [4.78, 5) is 2.44. The van der Waals surface area contributed by atoms with E-state index in [4.69, 9.17) is 9.52 Å². The molecule has 0 aromatic carbocycles. The van der Waals surface area contributed by atoms with Crippen LogP contribution in [0.25, 0.3) is 0 Å². The Bertz CT molecular complexity index is 365. The minimum absolute atomic E-state index is 0.00931. The lowest BCUT2D eigenvalue weighted by Gasteiger charge is -2.26. The second kappa shape index (κ2) is 4.83. The Kier molecular flexibility index (Phi) is 3.59. The molecule has 1 aliphatic rings. The van der Waals surface area contributed by atoms with Gasteiger partial charge in [0.2, 0.25) is 0 Å². The molecule has 0 bridgehead atoms. The van der Waals surface area contributed by atoms with E-state index in [-0.39, 0.29) is 6.61 Å². The lowest BCUT2D eigenvalue weighted by molar-refractivity contribution is 0.211. The van der Waals surface area contributed by atoms with Gasteiger partial charge in [0.15, 0.2) is 0 Å². The zero-order valence-corrected chi connectivity index (χ0v) is 11.1. The summed E-state index contributed by atoms with van der Waals surface area (Å²) >= 11 is 0. The van der Waals surface area contributed by atoms with Crippen LogP contribution in [-0.2, 0) is 13.2 Å². The van der Waals surface area contributed by atoms with Crippen LogP contribution in [0, 0.1) is 11.3 Å². The van der Waals surface area contributed by atoms with Gasteiger partial charge in [0.25, 0.3) is 0 Å². The first-order valence-corrected chi connectivity index (χ1v) is 6.40. The van der Waals surface area contributed by atoms with Crippen LogP contribution in [0.1, 0.15) is 38.7 Å². The third-order valence-electron chi connectivity index (χ3n) is 3.75. The van der Waals surface area contributed by atoms with E-state index in [1.165, 1.54) is 6.42 Å². The highest BCUT2D eigenvalue weighted by molar-refractivity contribution is 5.06. The molecule has 1 saturated heterocycles. The second-order valence-corrected chi connectivity index (χ2v) is 6.11. The highest BCUT2D eigenvalue weighted by atomic mass is 16.4. The van der Waals surface area contributed by atoms with Gasteiger partial charge in [-0.25, -0.2) is 0 Å². The van der Waals surface area contributed by atoms with Gasteiger partial charge in [0, 0.05) is 6.54 Å². The normalized spacial score (nSPS) is 22.2. The molecule has 1 N–H and O–H groups in total. The molecule has 0 amide bonds. The number of likely N-dealkylation sites (tertiary alicyclic amines) is 1. The Hall–Kier alpha value is -0.800. The number of rotatable bonds is 3. The molecule has 1 aromatic rings. The number of furan rings is 1. The summed E-state index contributed by atoms with van der Waals surface area (Å²) in [5.41, 5.74) is 0.397. The highest BCUT2D eigenvalue weighted by Gasteiger charge is 2.31. The molecule has 3 heteroatoms. The molecule has 3 nitrogen and oxygen atoms in total. The predicted molar refractivity (Wildman–Crippen MR) is 67.5 cm³/mol. The first kappa shape index (κ1) is 12.7. The Morgan fingerprint density at radius 3 is 2.59 bits per heavy atom. The van der Waals surface area contributed by atoms with Crippen LogP contribution in [0.3, 0.4) is 0 Å². The van der Waals surface area contributed by atoms with Crippen LogP contribution in [0.2, 0.25) is 0 Å². The number of aliphatic hydroxyl groups excluding tert-OH is 1. The van der Waals surface area contributed by atoms with Crippen molar-refractivity contribution >= 4 is 0 Å². The topological polar surface area (TPSA) is 36.6 Å². The van der Waals surface area contributed by atoms with Crippen molar-refractivity contribution in [1.29, 1.82) is 0 Å². The molecular formula is C14H23NO2. The number of hydrogen-bond acceptors (Lipinski definition) is 3. The Morgan fingerprint density at radius 2 is 2.06 bits per heavy atom. The smallest absolute Gasteiger partial charge is 0.129 e. The van der Waals surface area contributed by atoms with E-state index in [0.717, 1.165) is 31.3 Å². The third kappa shape index (κ3) is 3.11. The Morgan fingerprint density at radius 1 is 1.35 bits per heavy atom. The second-order valence-electron chi connectivity index (χ2n) is 6.11. The van der Waals surface area contributed by atoms with Gasteiger partial charge in [0.05, 0.1) is 6.54 Å². The van der Waals surface area contributed by atoms with E-state index in [1.54, 1.807) is 0 Å². The number of aliphatic hydroxyl groups is 1. The largest absolute Gasteiger partial charge is 0.462 e. The first-order chi connectivity index (χ1) is 7.99. The fraction of sp³-hybridized carbons (Fsp3) is 0.714. The summed E-state index contributed by atoms with van der Waals surface area (Å²) in [6, 6.07) is 3.82. The van der Waals surface area contributed by atoms with Crippen molar-refractivity contribution in [3.05, 3.63) is 23.7 Å². The van der Waals surface area contributed by atoms with Crippen molar-refractivity contribution in [2.45, 2.75) is 40.3 Å². The molecular weight excluding hydrogens is 214 g/mol. The van der Waals surface area contributed by atoms with Crippen LogP contribution >= 0.6 is 0 Å². The summed E-state index contributed by atoms with van der Waals surface area (Å²) in [6.45, 7) is 10.1. The fourth-order valence-electron chi connectivity index (χ4n) is 2.50. The molecule has 0 saturated carbocycles. The molecule has 2 heterocycles. The molecule has 1 unspecified atom stereocenters. The SMILES string of the molecule is CC(C)(C)C1CCN(Cc2ccc(CO)o2)C1. The molecule has 0 aliphatic carbocycles. The molecule has 96 valence electrons. The molecule has 0 spiro atoms. The molecule has 2 rings (SSSR count). The average Bonchev–Trinajstić information content (AvgIpc) is 2.86. The van der Waals surface area contributed by atoms with E-state index < -0.39 is 0 Å². The van der Waals surface area contributed by atoms with E-state index >= 15 is 0 Å². The van der Waals surface area contributed by atoms with Crippen molar-refractivity contribution in [1.82, 2.24) is 4.90 Å². The minimum Gasteiger partial charge on any atom is -0.462 e. The molecule has 1 atom stereocenters. The maximum atomic E-state index is 8.95. The van der Waals surface area contributed by atoms with Crippen molar-refractivity contribution < 1.29 is 9.52 Å². The van der Waals surface area contributed by atoms with Gasteiger partial charge in [-0.3, -0.25) is 4.90 Å². The molecule has 1 aromatic heterocycles. The van der Waals surface area contributed by atoms with E-state index in [1.807, 2.05) is 12.1 Å². The van der Waals surface area contributed by atoms with Crippen molar-refractivity contribution in [3.8, 4) is 0 Å². The predicted octanol–water partition coefficient (Wildman–Crippen LogP) is 2.64. The van der Waals surface area contributed by atoms with Gasteiger partial charge in [-0.2, -0.15) is 0 Å². The van der Waals surface area contributed by atoms with Gasteiger partial charge in [-0.15, -0.1) is 0 Å². The van der Waals surface area contributed by atoms with Crippen molar-refractivity contribution in [3.63, 3.8) is 0 Å². The summed E-state index contributed by atoms with van der Waals surface area (Å²) in [5, 5.41) is 8.95. The van der Waals surface area contributed by atoms with Gasteiger partial charge in [-0.05, 0) is 36.4 Å². The first-order valence-electron chi connectivity index (χ1n) is 6.40. The summed E-state index contributed by atoms with van der Waals surface area (Å²) < 4.78 is 5.52. The highest BCUT2D eigenvalue weighted by Crippen LogP contribution is 2.34. The van der Waals surface area contributed by atoms with Crippen molar-refractivity contribution in [2.75, 3.05) is 13.1 Å². The van der Waals surface area contributed by atoms with Gasteiger partial charge in [0.1, 0.15) is 18.1 Å². The monoisotopic (exact) mass is 237 g/mol. The van der Waals surface area contributed by atoms with Gasteiger partial charge >= 0.3 is 0 Å². The van der Waals surface area contributed by atoms with E-state index in [2.05, 4.69) is 25.7 Å².